The fraction of sp³-hybridized carbons (Fsp3) is 0.429. The Kier molecular flexibility index (Phi) is 2.59. The highest BCUT2D eigenvalue weighted by molar-refractivity contribution is 7.07. The molecule has 0 N–H and O–H groups in total. The number of carbonyl (C=O) groups excluding carboxylic acids is 1. The third-order valence-electron chi connectivity index (χ3n) is 1.41. The van der Waals surface area contributed by atoms with E-state index in [2.05, 4.69) is 4.74 Å². The van der Waals surface area contributed by atoms with Gasteiger partial charge in [0.15, 0.2) is 5.69 Å². The first-order chi connectivity index (χ1) is 5.24. The Bertz CT molecular complexity index is 257. The monoisotopic (exact) mass is 172 g/mol. The number of thiazole rings is 1. The van der Waals surface area contributed by atoms with Gasteiger partial charge >= 0.3 is 5.97 Å². The first kappa shape index (κ1) is 8.20. The maximum absolute atomic E-state index is 10.8. The highest BCUT2D eigenvalue weighted by atomic mass is 32.1. The SMILES string of the molecule is COC(=O)C[n+]1cscc1C. The van der Waals surface area contributed by atoms with E-state index >= 15 is 0 Å². The van der Waals surface area contributed by atoms with E-state index in [4.69, 9.17) is 0 Å². The summed E-state index contributed by atoms with van der Waals surface area (Å²) in [5.74, 6) is -0.212. The largest absolute Gasteiger partial charge is 0.464 e. The molecule has 0 aromatic carbocycles. The molecular weight excluding hydrogens is 162 g/mol. The fourth-order valence-electron chi connectivity index (χ4n) is 0.719. The minimum atomic E-state index is -0.212. The molecule has 0 saturated heterocycles. The molecule has 1 heterocycles. The minimum Gasteiger partial charge on any atom is -0.464 e. The van der Waals surface area contributed by atoms with Gasteiger partial charge in [-0.25, -0.2) is 4.79 Å². The standard InChI is InChI=1S/C7H10NO2S/c1-6-4-11-5-8(6)3-7(9)10-2/h4-5H,3H2,1-2H3/q+1. The van der Waals surface area contributed by atoms with E-state index < -0.39 is 0 Å². The van der Waals surface area contributed by atoms with E-state index in [0.717, 1.165) is 5.69 Å². The lowest BCUT2D eigenvalue weighted by Gasteiger charge is -1.92. The second-order valence-electron chi connectivity index (χ2n) is 2.20. The van der Waals surface area contributed by atoms with Crippen LogP contribution in [0.4, 0.5) is 0 Å². The molecule has 0 spiro atoms. The van der Waals surface area contributed by atoms with Gasteiger partial charge < -0.3 is 4.74 Å². The molecule has 0 atom stereocenters. The summed E-state index contributed by atoms with van der Waals surface area (Å²) >= 11 is 1.57. The zero-order chi connectivity index (χ0) is 8.27. The lowest BCUT2D eigenvalue weighted by atomic mass is 10.5. The van der Waals surface area contributed by atoms with E-state index in [9.17, 15) is 4.79 Å². The van der Waals surface area contributed by atoms with Crippen molar-refractivity contribution in [3.05, 3.63) is 16.6 Å². The van der Waals surface area contributed by atoms with Crippen LogP contribution in [-0.2, 0) is 16.1 Å². The van der Waals surface area contributed by atoms with Crippen LogP contribution in [0.25, 0.3) is 0 Å². The molecule has 3 nitrogen and oxygen atoms in total. The van der Waals surface area contributed by atoms with Crippen LogP contribution >= 0.6 is 11.3 Å². The second kappa shape index (κ2) is 3.48. The number of aryl methyl sites for hydroxylation is 1. The van der Waals surface area contributed by atoms with Crippen LogP contribution in [0.3, 0.4) is 0 Å². The Morgan fingerprint density at radius 3 is 3.00 bits per heavy atom. The number of methoxy groups -OCH3 is 1. The van der Waals surface area contributed by atoms with E-state index in [1.165, 1.54) is 7.11 Å². The van der Waals surface area contributed by atoms with Gasteiger partial charge in [-0.15, -0.1) is 0 Å². The third kappa shape index (κ3) is 2.01. The van der Waals surface area contributed by atoms with Crippen LogP contribution in [0.1, 0.15) is 5.69 Å². The Hall–Kier alpha value is -0.900. The van der Waals surface area contributed by atoms with Crippen LogP contribution < -0.4 is 4.57 Å². The molecule has 0 fully saturated rings. The van der Waals surface area contributed by atoms with Gasteiger partial charge in [-0.05, 0) is 0 Å². The van der Waals surface area contributed by atoms with Gasteiger partial charge in [0.1, 0.15) is 0 Å². The molecule has 0 unspecified atom stereocenters. The predicted molar refractivity (Wildman–Crippen MR) is 41.3 cm³/mol. The van der Waals surface area contributed by atoms with Crippen LogP contribution in [0.2, 0.25) is 0 Å². The van der Waals surface area contributed by atoms with Gasteiger partial charge in [0.05, 0.1) is 12.5 Å². The van der Waals surface area contributed by atoms with Crippen molar-refractivity contribution in [3.63, 3.8) is 0 Å². The van der Waals surface area contributed by atoms with Crippen LogP contribution in [0.15, 0.2) is 10.9 Å². The number of aromatic nitrogens is 1. The highest BCUT2D eigenvalue weighted by Gasteiger charge is 2.12. The Balaban J connectivity index is 2.64. The number of nitrogens with zero attached hydrogens (tertiary/aromatic N) is 1. The summed E-state index contributed by atoms with van der Waals surface area (Å²) in [5, 5.41) is 1.99. The van der Waals surface area contributed by atoms with Crippen molar-refractivity contribution in [3.8, 4) is 0 Å². The maximum Gasteiger partial charge on any atom is 0.372 e. The van der Waals surface area contributed by atoms with Gasteiger partial charge in [0, 0.05) is 6.92 Å². The Labute approximate surface area is 69.2 Å². The molecular formula is C7H10NO2S+. The quantitative estimate of drug-likeness (QED) is 0.481. The topological polar surface area (TPSA) is 30.2 Å². The average molecular weight is 172 g/mol. The van der Waals surface area contributed by atoms with E-state index in [1.54, 1.807) is 11.3 Å². The molecule has 1 aromatic rings. The van der Waals surface area contributed by atoms with Gasteiger partial charge in [0.2, 0.25) is 12.1 Å². The summed E-state index contributed by atoms with van der Waals surface area (Å²) in [6.07, 6.45) is 0. The normalized spacial score (nSPS) is 9.64. The molecule has 0 bridgehead atoms. The summed E-state index contributed by atoms with van der Waals surface area (Å²) in [6.45, 7) is 2.27. The number of esters is 1. The zero-order valence-corrected chi connectivity index (χ0v) is 7.35. The molecule has 4 heteroatoms. The van der Waals surface area contributed by atoms with Crippen molar-refractivity contribution in [2.24, 2.45) is 0 Å². The summed E-state index contributed by atoms with van der Waals surface area (Å²) in [4.78, 5) is 10.8. The second-order valence-corrected chi connectivity index (χ2v) is 2.92. The maximum atomic E-state index is 10.8. The molecule has 0 aliphatic carbocycles. The first-order valence-electron chi connectivity index (χ1n) is 3.23. The molecule has 11 heavy (non-hydrogen) atoms. The molecule has 0 radical (unpaired) electrons. The number of ether oxygens (including phenoxy) is 1. The van der Waals surface area contributed by atoms with E-state index in [1.807, 2.05) is 22.4 Å². The average Bonchev–Trinajstić information content (AvgIpc) is 2.37. The van der Waals surface area contributed by atoms with Gasteiger partial charge in [-0.3, -0.25) is 0 Å². The molecule has 1 rings (SSSR count). The summed E-state index contributed by atoms with van der Waals surface area (Å²) < 4.78 is 6.38. The van der Waals surface area contributed by atoms with Crippen molar-refractivity contribution in [1.82, 2.24) is 0 Å². The van der Waals surface area contributed by atoms with Gasteiger partial charge in [0.25, 0.3) is 0 Å². The Morgan fingerprint density at radius 1 is 1.82 bits per heavy atom. The van der Waals surface area contributed by atoms with Crippen LogP contribution in [0.5, 0.6) is 0 Å². The number of hydrogen-bond donors (Lipinski definition) is 0. The molecule has 0 aliphatic rings. The minimum absolute atomic E-state index is 0.212. The Morgan fingerprint density at radius 2 is 2.55 bits per heavy atom. The van der Waals surface area contributed by atoms with Crippen molar-refractivity contribution in [2.45, 2.75) is 13.5 Å². The number of carbonyl (C=O) groups is 1. The molecule has 0 aliphatic heterocycles. The van der Waals surface area contributed by atoms with Crippen LogP contribution in [0, 0.1) is 6.92 Å². The first-order valence-corrected chi connectivity index (χ1v) is 4.17. The molecule has 1 aromatic heterocycles. The van der Waals surface area contributed by atoms with Crippen molar-refractivity contribution >= 4 is 17.3 Å². The van der Waals surface area contributed by atoms with Gasteiger partial charge in [-0.1, -0.05) is 11.3 Å². The molecule has 60 valence electrons. The fourth-order valence-corrected chi connectivity index (χ4v) is 1.50. The number of hydrogen-bond acceptors (Lipinski definition) is 3. The van der Waals surface area contributed by atoms with Crippen molar-refractivity contribution in [1.29, 1.82) is 0 Å². The smallest absolute Gasteiger partial charge is 0.372 e. The predicted octanol–water partition coefficient (Wildman–Crippen LogP) is 0.517. The van der Waals surface area contributed by atoms with Crippen molar-refractivity contribution in [2.75, 3.05) is 7.11 Å². The third-order valence-corrected chi connectivity index (χ3v) is 2.26. The highest BCUT2D eigenvalue weighted by Crippen LogP contribution is 1.96. The summed E-state index contributed by atoms with van der Waals surface area (Å²) in [7, 11) is 1.39. The zero-order valence-electron chi connectivity index (χ0n) is 6.53. The lowest BCUT2D eigenvalue weighted by molar-refractivity contribution is -0.687. The van der Waals surface area contributed by atoms with Gasteiger partial charge in [-0.2, -0.15) is 4.57 Å². The van der Waals surface area contributed by atoms with Crippen molar-refractivity contribution < 1.29 is 14.1 Å². The summed E-state index contributed by atoms with van der Waals surface area (Å²) in [5.41, 5.74) is 2.98. The summed E-state index contributed by atoms with van der Waals surface area (Å²) in [6, 6.07) is 0. The molecule has 0 amide bonds. The van der Waals surface area contributed by atoms with E-state index in [-0.39, 0.29) is 5.97 Å². The lowest BCUT2D eigenvalue weighted by Crippen LogP contribution is -2.38. The number of rotatable bonds is 2. The molecule has 0 saturated carbocycles. The van der Waals surface area contributed by atoms with Crippen LogP contribution in [-0.4, -0.2) is 13.1 Å². The van der Waals surface area contributed by atoms with E-state index in [0.29, 0.717) is 6.54 Å².